The summed E-state index contributed by atoms with van der Waals surface area (Å²) in [6.07, 6.45) is 6.88. The van der Waals surface area contributed by atoms with Gasteiger partial charge in [-0.1, -0.05) is 61.9 Å². The summed E-state index contributed by atoms with van der Waals surface area (Å²) in [7, 11) is 0. The van der Waals surface area contributed by atoms with E-state index >= 15 is 0 Å². The number of unbranched alkanes of at least 4 members (excludes halogenated alkanes) is 1. The van der Waals surface area contributed by atoms with E-state index in [1.165, 1.54) is 0 Å². The van der Waals surface area contributed by atoms with E-state index in [1.54, 1.807) is 6.07 Å². The van der Waals surface area contributed by atoms with Gasteiger partial charge in [-0.05, 0) is 61.2 Å². The molecule has 0 bridgehead atoms. The molecule has 3 rings (SSSR count). The quantitative estimate of drug-likeness (QED) is 0.489. The van der Waals surface area contributed by atoms with E-state index in [0.717, 1.165) is 61.9 Å². The van der Waals surface area contributed by atoms with Crippen LogP contribution in [0.5, 0.6) is 5.75 Å². The number of nitrogens with one attached hydrogen (secondary N) is 1. The fourth-order valence-corrected chi connectivity index (χ4v) is 4.46. The molecule has 28 heavy (non-hydrogen) atoms. The standard InChI is InChI=1S/C23H27Cl2NO2/c1-2-3-15-28-19-10-8-18(9-11-19)26-22(27)23(13-5-4-6-14-23)20-12-7-17(24)16-21(20)25/h7-12,16H,2-6,13-15H2,1H3,(H,26,27). The van der Waals surface area contributed by atoms with E-state index in [9.17, 15) is 4.79 Å². The van der Waals surface area contributed by atoms with Gasteiger partial charge in [0.1, 0.15) is 5.75 Å². The first-order chi connectivity index (χ1) is 13.5. The molecule has 1 N–H and O–H groups in total. The molecule has 0 aliphatic heterocycles. The molecule has 0 saturated heterocycles. The zero-order valence-electron chi connectivity index (χ0n) is 16.3. The molecule has 1 fully saturated rings. The van der Waals surface area contributed by atoms with Crippen LogP contribution in [0.1, 0.15) is 57.4 Å². The average Bonchev–Trinajstić information content (AvgIpc) is 2.70. The topological polar surface area (TPSA) is 38.3 Å². The van der Waals surface area contributed by atoms with Crippen LogP contribution < -0.4 is 10.1 Å². The minimum atomic E-state index is -0.615. The van der Waals surface area contributed by atoms with Crippen LogP contribution in [0.25, 0.3) is 0 Å². The summed E-state index contributed by atoms with van der Waals surface area (Å²) in [5.74, 6) is 0.815. The number of hydrogen-bond acceptors (Lipinski definition) is 2. The van der Waals surface area contributed by atoms with Gasteiger partial charge in [0, 0.05) is 15.7 Å². The molecule has 5 heteroatoms. The van der Waals surface area contributed by atoms with Crippen molar-refractivity contribution in [3.8, 4) is 5.75 Å². The molecular formula is C23H27Cl2NO2. The first kappa shape index (κ1) is 21.0. The smallest absolute Gasteiger partial charge is 0.235 e. The Labute approximate surface area is 177 Å². The van der Waals surface area contributed by atoms with Crippen molar-refractivity contribution in [1.82, 2.24) is 0 Å². The molecule has 0 aromatic heterocycles. The highest BCUT2D eigenvalue weighted by molar-refractivity contribution is 6.35. The highest BCUT2D eigenvalue weighted by Gasteiger charge is 2.42. The van der Waals surface area contributed by atoms with Crippen molar-refractivity contribution in [1.29, 1.82) is 0 Å². The van der Waals surface area contributed by atoms with E-state index in [4.69, 9.17) is 27.9 Å². The molecular weight excluding hydrogens is 393 g/mol. The summed E-state index contributed by atoms with van der Waals surface area (Å²) in [6, 6.07) is 13.0. The van der Waals surface area contributed by atoms with Crippen molar-refractivity contribution in [2.24, 2.45) is 0 Å². The largest absolute Gasteiger partial charge is 0.494 e. The molecule has 2 aromatic rings. The summed E-state index contributed by atoms with van der Waals surface area (Å²) in [5, 5.41) is 4.24. The molecule has 0 spiro atoms. The Balaban J connectivity index is 1.79. The van der Waals surface area contributed by atoms with Gasteiger partial charge < -0.3 is 10.1 Å². The van der Waals surface area contributed by atoms with Crippen LogP contribution in [0, 0.1) is 0 Å². The number of anilines is 1. The van der Waals surface area contributed by atoms with Crippen molar-refractivity contribution in [3.63, 3.8) is 0 Å². The van der Waals surface area contributed by atoms with Gasteiger partial charge in [0.25, 0.3) is 0 Å². The Bertz CT molecular complexity index is 799. The molecule has 0 heterocycles. The summed E-state index contributed by atoms with van der Waals surface area (Å²) in [6.45, 7) is 2.84. The predicted octanol–water partition coefficient (Wildman–Crippen LogP) is 7.01. The monoisotopic (exact) mass is 419 g/mol. The van der Waals surface area contributed by atoms with Gasteiger partial charge in [-0.2, -0.15) is 0 Å². The lowest BCUT2D eigenvalue weighted by Gasteiger charge is -2.37. The Morgan fingerprint density at radius 1 is 1.07 bits per heavy atom. The maximum Gasteiger partial charge on any atom is 0.235 e. The molecule has 1 amide bonds. The highest BCUT2D eigenvalue weighted by atomic mass is 35.5. The van der Waals surface area contributed by atoms with Gasteiger partial charge in [-0.15, -0.1) is 0 Å². The number of benzene rings is 2. The summed E-state index contributed by atoms with van der Waals surface area (Å²) in [5.41, 5.74) is 1.02. The summed E-state index contributed by atoms with van der Waals surface area (Å²) in [4.78, 5) is 13.4. The lowest BCUT2D eigenvalue weighted by atomic mass is 9.68. The second-order valence-corrected chi connectivity index (χ2v) is 8.29. The van der Waals surface area contributed by atoms with Crippen LogP contribution in [-0.4, -0.2) is 12.5 Å². The fraction of sp³-hybridized carbons (Fsp3) is 0.435. The molecule has 150 valence electrons. The fourth-order valence-electron chi connectivity index (χ4n) is 3.87. The van der Waals surface area contributed by atoms with E-state index in [2.05, 4.69) is 12.2 Å². The first-order valence-electron chi connectivity index (χ1n) is 10.0. The average molecular weight is 420 g/mol. The third kappa shape index (κ3) is 4.82. The van der Waals surface area contributed by atoms with Gasteiger partial charge in [-0.3, -0.25) is 4.79 Å². The van der Waals surface area contributed by atoms with Gasteiger partial charge in [0.2, 0.25) is 5.91 Å². The number of amides is 1. The minimum Gasteiger partial charge on any atom is -0.494 e. The van der Waals surface area contributed by atoms with Gasteiger partial charge in [-0.25, -0.2) is 0 Å². The van der Waals surface area contributed by atoms with Crippen molar-refractivity contribution in [3.05, 3.63) is 58.1 Å². The predicted molar refractivity (Wildman–Crippen MR) is 117 cm³/mol. The maximum atomic E-state index is 13.4. The van der Waals surface area contributed by atoms with Crippen LogP contribution in [0.4, 0.5) is 5.69 Å². The van der Waals surface area contributed by atoms with Crippen molar-refractivity contribution in [2.75, 3.05) is 11.9 Å². The molecule has 0 radical (unpaired) electrons. The van der Waals surface area contributed by atoms with Gasteiger partial charge in [0.05, 0.1) is 12.0 Å². The molecule has 1 aliphatic rings. The summed E-state index contributed by atoms with van der Waals surface area (Å²) >= 11 is 12.6. The molecule has 1 saturated carbocycles. The summed E-state index contributed by atoms with van der Waals surface area (Å²) < 4.78 is 5.70. The van der Waals surface area contributed by atoms with E-state index in [1.807, 2.05) is 36.4 Å². The van der Waals surface area contributed by atoms with Crippen LogP contribution in [0.15, 0.2) is 42.5 Å². The number of carbonyl (C=O) groups is 1. The number of halogens is 2. The Hall–Kier alpha value is -1.71. The van der Waals surface area contributed by atoms with Crippen LogP contribution in [0.3, 0.4) is 0 Å². The zero-order chi connectivity index (χ0) is 20.0. The van der Waals surface area contributed by atoms with Crippen molar-refractivity contribution < 1.29 is 9.53 Å². The first-order valence-corrected chi connectivity index (χ1v) is 10.8. The van der Waals surface area contributed by atoms with Crippen molar-refractivity contribution >= 4 is 34.8 Å². The molecule has 1 aliphatic carbocycles. The van der Waals surface area contributed by atoms with Crippen molar-refractivity contribution in [2.45, 2.75) is 57.3 Å². The Kier molecular flexibility index (Phi) is 7.25. The Morgan fingerprint density at radius 3 is 2.43 bits per heavy atom. The third-order valence-corrected chi connectivity index (χ3v) is 6.02. The molecule has 3 nitrogen and oxygen atoms in total. The lowest BCUT2D eigenvalue weighted by molar-refractivity contribution is -0.122. The number of carbonyl (C=O) groups excluding carboxylic acids is 1. The molecule has 2 aromatic carbocycles. The minimum absolute atomic E-state index is 0.00364. The highest BCUT2D eigenvalue weighted by Crippen LogP contribution is 2.44. The van der Waals surface area contributed by atoms with E-state index in [0.29, 0.717) is 16.7 Å². The maximum absolute atomic E-state index is 13.4. The van der Waals surface area contributed by atoms with Crippen LogP contribution >= 0.6 is 23.2 Å². The third-order valence-electron chi connectivity index (χ3n) is 5.47. The van der Waals surface area contributed by atoms with E-state index < -0.39 is 5.41 Å². The van der Waals surface area contributed by atoms with Crippen LogP contribution in [0.2, 0.25) is 10.0 Å². The second-order valence-electron chi connectivity index (χ2n) is 7.45. The SMILES string of the molecule is CCCCOc1ccc(NC(=O)C2(c3ccc(Cl)cc3Cl)CCCCC2)cc1. The van der Waals surface area contributed by atoms with Gasteiger partial charge >= 0.3 is 0 Å². The number of hydrogen-bond donors (Lipinski definition) is 1. The zero-order valence-corrected chi connectivity index (χ0v) is 17.8. The lowest BCUT2D eigenvalue weighted by Crippen LogP contribution is -2.42. The Morgan fingerprint density at radius 2 is 1.79 bits per heavy atom. The van der Waals surface area contributed by atoms with Crippen LogP contribution in [-0.2, 0) is 10.2 Å². The van der Waals surface area contributed by atoms with Gasteiger partial charge in [0.15, 0.2) is 0 Å². The number of rotatable bonds is 7. The van der Waals surface area contributed by atoms with E-state index in [-0.39, 0.29) is 5.91 Å². The molecule has 0 unspecified atom stereocenters. The number of ether oxygens (including phenoxy) is 1. The second kappa shape index (κ2) is 9.67. The normalized spacial score (nSPS) is 15.8. The molecule has 0 atom stereocenters.